The molecule has 0 atom stereocenters. The van der Waals surface area contributed by atoms with E-state index in [0.29, 0.717) is 34.0 Å². The number of carbonyl (C=O) groups is 1. The van der Waals surface area contributed by atoms with Gasteiger partial charge in [0.15, 0.2) is 0 Å². The fourth-order valence-electron chi connectivity index (χ4n) is 4.71. The number of amides is 1. The van der Waals surface area contributed by atoms with Crippen molar-refractivity contribution in [1.29, 1.82) is 0 Å². The van der Waals surface area contributed by atoms with Crippen molar-refractivity contribution in [2.24, 2.45) is 5.10 Å². The number of ether oxygens (including phenoxy) is 1. The summed E-state index contributed by atoms with van der Waals surface area (Å²) in [6.45, 7) is 3.44. The van der Waals surface area contributed by atoms with E-state index in [1.54, 1.807) is 109 Å². The molecule has 0 radical (unpaired) electrons. The molecule has 0 aliphatic heterocycles. The summed E-state index contributed by atoms with van der Waals surface area (Å²) in [6, 6.07) is 28.0. The summed E-state index contributed by atoms with van der Waals surface area (Å²) in [5.74, 6) is 0.629. The molecular formula is C32H30N6O4. The molecule has 1 N–H and O–H groups in total. The number of benzene rings is 3. The molecule has 5 rings (SSSR count). The number of pyridine rings is 1. The number of anilines is 2. The number of hydrogen-bond acceptors (Lipinski definition) is 7. The van der Waals surface area contributed by atoms with Gasteiger partial charge in [0.2, 0.25) is 11.3 Å². The van der Waals surface area contributed by atoms with E-state index in [-0.39, 0.29) is 18.5 Å². The standard InChI is InChI=1S/C32H30N6O4/c1-22(2)37(24-16-18-25(42-3)19-17-24)29(39)21-36-26-13-7-8-14-27(26)38(28-15-9-10-20-33-28)32(41)30(31(36)40)35-34-23-11-5-4-6-12-23/h4-20,22,34H,21H2,1-3H3/b35-30-. The lowest BCUT2D eigenvalue weighted by molar-refractivity contribution is -0.119. The first-order valence-corrected chi connectivity index (χ1v) is 13.4. The third-order valence-electron chi connectivity index (χ3n) is 6.64. The van der Waals surface area contributed by atoms with E-state index in [1.165, 1.54) is 9.13 Å². The molecule has 2 heterocycles. The Hall–Kier alpha value is -5.51. The Balaban J connectivity index is 1.75. The van der Waals surface area contributed by atoms with Crippen molar-refractivity contribution in [3.05, 3.63) is 129 Å². The summed E-state index contributed by atoms with van der Waals surface area (Å²) in [7, 11) is 1.57. The van der Waals surface area contributed by atoms with Crippen molar-refractivity contribution in [3.8, 4) is 11.6 Å². The molecule has 0 bridgehead atoms. The van der Waals surface area contributed by atoms with E-state index in [4.69, 9.17) is 4.74 Å². The van der Waals surface area contributed by atoms with Crippen molar-refractivity contribution in [2.45, 2.75) is 26.4 Å². The van der Waals surface area contributed by atoms with Gasteiger partial charge in [-0.2, -0.15) is 5.10 Å². The number of nitrogens with zero attached hydrogens (tertiary/aromatic N) is 5. The van der Waals surface area contributed by atoms with Crippen molar-refractivity contribution in [1.82, 2.24) is 14.1 Å². The molecule has 212 valence electrons. The second-order valence-electron chi connectivity index (χ2n) is 9.70. The minimum Gasteiger partial charge on any atom is -0.497 e. The molecule has 0 saturated heterocycles. The van der Waals surface area contributed by atoms with E-state index >= 15 is 0 Å². The van der Waals surface area contributed by atoms with Gasteiger partial charge in [0.1, 0.15) is 18.1 Å². The number of para-hydroxylation sites is 3. The Morgan fingerprint density at radius 2 is 1.55 bits per heavy atom. The van der Waals surface area contributed by atoms with Crippen LogP contribution in [0.5, 0.6) is 5.75 Å². The zero-order chi connectivity index (χ0) is 29.6. The van der Waals surface area contributed by atoms with Crippen LogP contribution in [0.25, 0.3) is 16.9 Å². The average molecular weight is 563 g/mol. The first-order valence-electron chi connectivity index (χ1n) is 13.4. The Kier molecular flexibility index (Phi) is 8.24. The molecule has 0 aliphatic carbocycles. The predicted molar refractivity (Wildman–Crippen MR) is 163 cm³/mol. The first-order chi connectivity index (χ1) is 20.4. The van der Waals surface area contributed by atoms with Gasteiger partial charge in [-0.25, -0.2) is 4.98 Å². The summed E-state index contributed by atoms with van der Waals surface area (Å²) >= 11 is 0. The lowest BCUT2D eigenvalue weighted by Crippen LogP contribution is -2.47. The van der Waals surface area contributed by atoms with Crippen LogP contribution in [0.1, 0.15) is 13.8 Å². The summed E-state index contributed by atoms with van der Waals surface area (Å²) in [6.07, 6.45) is 1.56. The Labute approximate surface area is 241 Å². The second kappa shape index (κ2) is 12.3. The van der Waals surface area contributed by atoms with E-state index in [1.807, 2.05) is 19.9 Å². The molecule has 0 aliphatic rings. The number of nitrogens with one attached hydrogen (secondary N) is 1. The smallest absolute Gasteiger partial charge is 0.290 e. The van der Waals surface area contributed by atoms with Crippen LogP contribution in [0.3, 0.4) is 0 Å². The van der Waals surface area contributed by atoms with Crippen molar-refractivity contribution < 1.29 is 9.53 Å². The molecule has 1 amide bonds. The fourth-order valence-corrected chi connectivity index (χ4v) is 4.71. The zero-order valence-electron chi connectivity index (χ0n) is 23.5. The van der Waals surface area contributed by atoms with Crippen LogP contribution in [-0.2, 0) is 11.3 Å². The minimum absolute atomic E-state index is 0.220. The number of rotatable bonds is 8. The predicted octanol–water partition coefficient (Wildman–Crippen LogP) is 3.93. The van der Waals surface area contributed by atoms with Gasteiger partial charge in [-0.15, -0.1) is 0 Å². The third-order valence-corrected chi connectivity index (χ3v) is 6.64. The highest BCUT2D eigenvalue weighted by Gasteiger charge is 2.22. The number of carbonyl (C=O) groups excluding carboxylic acids is 1. The highest BCUT2D eigenvalue weighted by atomic mass is 16.5. The molecule has 42 heavy (non-hydrogen) atoms. The fraction of sp³-hybridized carbons (Fsp3) is 0.156. The van der Waals surface area contributed by atoms with E-state index < -0.39 is 16.5 Å². The van der Waals surface area contributed by atoms with Crippen LogP contribution < -0.4 is 31.5 Å². The van der Waals surface area contributed by atoms with Crippen molar-refractivity contribution >= 4 is 28.3 Å². The summed E-state index contributed by atoms with van der Waals surface area (Å²) < 4.78 is 7.90. The molecule has 10 nitrogen and oxygen atoms in total. The molecule has 0 spiro atoms. The van der Waals surface area contributed by atoms with E-state index in [9.17, 15) is 14.4 Å². The molecule has 5 aromatic rings. The normalized spacial score (nSPS) is 11.5. The quantitative estimate of drug-likeness (QED) is 0.287. The summed E-state index contributed by atoms with van der Waals surface area (Å²) in [5.41, 5.74) is 3.42. The second-order valence-corrected chi connectivity index (χ2v) is 9.70. The maximum atomic E-state index is 14.2. The number of fused-ring (bicyclic) bond motifs is 1. The van der Waals surface area contributed by atoms with Gasteiger partial charge < -0.3 is 9.64 Å². The molecular weight excluding hydrogens is 532 g/mol. The Morgan fingerprint density at radius 1 is 0.881 bits per heavy atom. The van der Waals surface area contributed by atoms with E-state index in [0.717, 1.165) is 0 Å². The van der Waals surface area contributed by atoms with Crippen LogP contribution >= 0.6 is 0 Å². The average Bonchev–Trinajstić information content (AvgIpc) is 3.09. The number of aromatic nitrogens is 3. The van der Waals surface area contributed by atoms with Crippen LogP contribution in [0, 0.1) is 0 Å². The Bertz CT molecular complexity index is 1900. The van der Waals surface area contributed by atoms with Gasteiger partial charge in [0, 0.05) is 17.9 Å². The maximum absolute atomic E-state index is 14.2. The highest BCUT2D eigenvalue weighted by Crippen LogP contribution is 2.22. The first kappa shape index (κ1) is 28.0. The van der Waals surface area contributed by atoms with Gasteiger partial charge in [0.25, 0.3) is 11.1 Å². The molecule has 0 saturated carbocycles. The van der Waals surface area contributed by atoms with Gasteiger partial charge in [-0.1, -0.05) is 36.4 Å². The van der Waals surface area contributed by atoms with Crippen molar-refractivity contribution in [2.75, 3.05) is 17.4 Å². The van der Waals surface area contributed by atoms with Crippen LogP contribution in [0.15, 0.2) is 118 Å². The van der Waals surface area contributed by atoms with E-state index in [2.05, 4.69) is 15.5 Å². The molecule has 10 heteroatoms. The number of hydrogen-bond donors (Lipinski definition) is 1. The summed E-state index contributed by atoms with van der Waals surface area (Å²) in [4.78, 5) is 48.1. The monoisotopic (exact) mass is 562 g/mol. The maximum Gasteiger partial charge on any atom is 0.290 e. The molecule has 0 fully saturated rings. The van der Waals surface area contributed by atoms with Crippen molar-refractivity contribution in [3.63, 3.8) is 0 Å². The minimum atomic E-state index is -0.721. The number of methoxy groups -OCH3 is 1. The molecule has 3 aromatic carbocycles. The zero-order valence-corrected chi connectivity index (χ0v) is 23.5. The van der Waals surface area contributed by atoms with Gasteiger partial charge >= 0.3 is 0 Å². The highest BCUT2D eigenvalue weighted by molar-refractivity contribution is 5.94. The lowest BCUT2D eigenvalue weighted by Gasteiger charge is -2.27. The van der Waals surface area contributed by atoms with Gasteiger partial charge in [-0.05, 0) is 74.5 Å². The SMILES string of the molecule is COc1ccc(N(C(=O)Cn2c(=O)/c(=N/Nc3ccccc3)c(=O)n(-c3ccccn3)c3ccccc32)C(C)C)cc1. The molecule has 0 unspecified atom stereocenters. The summed E-state index contributed by atoms with van der Waals surface area (Å²) in [5, 5.41) is 3.87. The Morgan fingerprint density at radius 3 is 2.19 bits per heavy atom. The lowest BCUT2D eigenvalue weighted by atomic mass is 10.2. The van der Waals surface area contributed by atoms with Gasteiger partial charge in [-0.3, -0.25) is 28.9 Å². The largest absolute Gasteiger partial charge is 0.497 e. The topological polar surface area (TPSA) is 111 Å². The third kappa shape index (κ3) is 5.68. The molecule has 2 aromatic heterocycles. The van der Waals surface area contributed by atoms with Crippen LogP contribution in [0.2, 0.25) is 0 Å². The van der Waals surface area contributed by atoms with Gasteiger partial charge in [0.05, 0.1) is 23.8 Å². The van der Waals surface area contributed by atoms with Crippen LogP contribution in [-0.4, -0.2) is 33.2 Å². The van der Waals surface area contributed by atoms with Crippen LogP contribution in [0.4, 0.5) is 11.4 Å².